The zero-order valence-electron chi connectivity index (χ0n) is 18.2. The molecule has 0 aliphatic carbocycles. The van der Waals surface area contributed by atoms with Crippen LogP contribution in [0.4, 0.5) is 0 Å². The molecule has 3 rings (SSSR count). The number of amides is 1. The van der Waals surface area contributed by atoms with Crippen LogP contribution in [0.1, 0.15) is 12.0 Å². The van der Waals surface area contributed by atoms with Gasteiger partial charge in [0.25, 0.3) is 5.91 Å². The number of carbonyl (C=O) groups excluding carboxylic acids is 1. The van der Waals surface area contributed by atoms with Gasteiger partial charge in [-0.15, -0.1) is 0 Å². The van der Waals surface area contributed by atoms with Crippen molar-refractivity contribution in [1.82, 2.24) is 4.90 Å². The van der Waals surface area contributed by atoms with E-state index >= 15 is 0 Å². The number of nitrogens with zero attached hydrogens (tertiary/aromatic N) is 1. The average molecular weight is 484 g/mol. The van der Waals surface area contributed by atoms with Crippen LogP contribution in [0.2, 0.25) is 5.02 Å². The first-order valence-electron chi connectivity index (χ1n) is 9.93. The third-order valence-electron chi connectivity index (χ3n) is 5.21. The predicted molar refractivity (Wildman–Crippen MR) is 121 cm³/mol. The van der Waals surface area contributed by atoms with Crippen molar-refractivity contribution in [2.45, 2.75) is 19.0 Å². The van der Waals surface area contributed by atoms with E-state index < -0.39 is 15.9 Å². The molecule has 2 aromatic carbocycles. The zero-order chi connectivity index (χ0) is 23.3. The van der Waals surface area contributed by atoms with E-state index in [0.717, 1.165) is 0 Å². The fraction of sp³-hybridized carbons (Fsp3) is 0.409. The number of hydrogen-bond donors (Lipinski definition) is 0. The lowest BCUT2D eigenvalue weighted by Crippen LogP contribution is -2.43. The van der Waals surface area contributed by atoms with Gasteiger partial charge in [-0.25, -0.2) is 8.42 Å². The molecule has 10 heteroatoms. The molecule has 0 spiro atoms. The minimum Gasteiger partial charge on any atom is -0.493 e. The first-order valence-corrected chi connectivity index (χ1v) is 12.1. The maximum Gasteiger partial charge on any atom is 0.261 e. The zero-order valence-corrected chi connectivity index (χ0v) is 19.7. The van der Waals surface area contributed by atoms with Crippen molar-refractivity contribution >= 4 is 27.3 Å². The summed E-state index contributed by atoms with van der Waals surface area (Å²) in [6, 6.07) is 9.76. The molecule has 0 saturated carbocycles. The lowest BCUT2D eigenvalue weighted by Gasteiger charge is -2.29. The summed E-state index contributed by atoms with van der Waals surface area (Å²) in [7, 11) is 1.32. The summed E-state index contributed by atoms with van der Waals surface area (Å²) in [4.78, 5) is 14.7. The highest BCUT2D eigenvalue weighted by Gasteiger charge is 2.35. The highest BCUT2D eigenvalue weighted by atomic mass is 35.5. The molecule has 0 radical (unpaired) electrons. The Hall–Kier alpha value is -2.65. The summed E-state index contributed by atoms with van der Waals surface area (Å²) in [6.45, 7) is -0.0873. The molecule has 1 unspecified atom stereocenters. The predicted octanol–water partition coefficient (Wildman–Crippen LogP) is 2.96. The van der Waals surface area contributed by atoms with Crippen molar-refractivity contribution in [2.75, 3.05) is 39.4 Å². The van der Waals surface area contributed by atoms with Crippen molar-refractivity contribution in [3.05, 3.63) is 47.0 Å². The van der Waals surface area contributed by atoms with Crippen LogP contribution in [-0.4, -0.2) is 64.7 Å². The van der Waals surface area contributed by atoms with E-state index in [1.54, 1.807) is 36.4 Å². The Kier molecular flexibility index (Phi) is 7.73. The minimum atomic E-state index is -3.20. The lowest BCUT2D eigenvalue weighted by molar-refractivity contribution is -0.136. The van der Waals surface area contributed by atoms with Crippen LogP contribution in [0.3, 0.4) is 0 Å². The molecular formula is C22H26ClNO7S. The maximum absolute atomic E-state index is 13.1. The molecule has 32 heavy (non-hydrogen) atoms. The molecule has 1 aliphatic heterocycles. The molecule has 1 saturated heterocycles. The van der Waals surface area contributed by atoms with E-state index in [9.17, 15) is 13.2 Å². The molecule has 0 aromatic heterocycles. The first-order chi connectivity index (χ1) is 15.3. The summed E-state index contributed by atoms with van der Waals surface area (Å²) < 4.78 is 45.9. The van der Waals surface area contributed by atoms with Gasteiger partial charge in [0.05, 0.1) is 32.8 Å². The Morgan fingerprint density at radius 3 is 2.31 bits per heavy atom. The number of hydrogen-bond acceptors (Lipinski definition) is 7. The highest BCUT2D eigenvalue weighted by Crippen LogP contribution is 2.38. The number of ether oxygens (including phenoxy) is 4. The van der Waals surface area contributed by atoms with E-state index in [1.807, 2.05) is 0 Å². The molecule has 0 N–H and O–H groups in total. The molecular weight excluding hydrogens is 458 g/mol. The number of halogens is 1. The first kappa shape index (κ1) is 24.0. The Morgan fingerprint density at radius 2 is 1.78 bits per heavy atom. The van der Waals surface area contributed by atoms with Crippen LogP contribution in [0.5, 0.6) is 23.0 Å². The average Bonchev–Trinajstić information content (AvgIpc) is 3.14. The Bertz CT molecular complexity index is 1050. The second kappa shape index (κ2) is 10.3. The Morgan fingerprint density at radius 1 is 1.09 bits per heavy atom. The van der Waals surface area contributed by atoms with Crippen LogP contribution < -0.4 is 18.9 Å². The van der Waals surface area contributed by atoms with Gasteiger partial charge < -0.3 is 23.8 Å². The summed E-state index contributed by atoms with van der Waals surface area (Å²) >= 11 is 5.97. The van der Waals surface area contributed by atoms with Gasteiger partial charge in [0.1, 0.15) is 5.75 Å². The number of sulfone groups is 1. The number of carbonyl (C=O) groups is 1. The summed E-state index contributed by atoms with van der Waals surface area (Å²) in [5.41, 5.74) is 0.708. The summed E-state index contributed by atoms with van der Waals surface area (Å²) in [5.74, 6) is 1.42. The van der Waals surface area contributed by atoms with Gasteiger partial charge in [-0.3, -0.25) is 4.79 Å². The SMILES string of the molecule is COc1cc(CN(C(=O)COc2cccc(Cl)c2)C2CCS(=O)(=O)C2)cc(OC)c1OC. The van der Waals surface area contributed by atoms with Gasteiger partial charge in [0, 0.05) is 17.6 Å². The molecule has 1 atom stereocenters. The van der Waals surface area contributed by atoms with Gasteiger partial charge >= 0.3 is 0 Å². The van der Waals surface area contributed by atoms with E-state index in [0.29, 0.717) is 40.0 Å². The fourth-order valence-electron chi connectivity index (χ4n) is 3.65. The molecule has 174 valence electrons. The van der Waals surface area contributed by atoms with Crippen molar-refractivity contribution in [3.63, 3.8) is 0 Å². The highest BCUT2D eigenvalue weighted by molar-refractivity contribution is 7.91. The van der Waals surface area contributed by atoms with Crippen LogP contribution in [0, 0.1) is 0 Å². The monoisotopic (exact) mass is 483 g/mol. The van der Waals surface area contributed by atoms with Gasteiger partial charge in [0.2, 0.25) is 5.75 Å². The van der Waals surface area contributed by atoms with E-state index in [-0.39, 0.29) is 30.6 Å². The van der Waals surface area contributed by atoms with Crippen molar-refractivity contribution < 1.29 is 32.2 Å². The molecule has 1 fully saturated rings. The van der Waals surface area contributed by atoms with Crippen LogP contribution >= 0.6 is 11.6 Å². The number of methoxy groups -OCH3 is 3. The van der Waals surface area contributed by atoms with E-state index in [1.165, 1.54) is 26.2 Å². The smallest absolute Gasteiger partial charge is 0.261 e. The van der Waals surface area contributed by atoms with Crippen LogP contribution in [0.25, 0.3) is 0 Å². The van der Waals surface area contributed by atoms with Gasteiger partial charge in [-0.05, 0) is 42.3 Å². The second-order valence-electron chi connectivity index (χ2n) is 7.36. The number of benzene rings is 2. The van der Waals surface area contributed by atoms with Crippen molar-refractivity contribution in [1.29, 1.82) is 0 Å². The molecule has 1 aliphatic rings. The third kappa shape index (κ3) is 5.77. The maximum atomic E-state index is 13.1. The van der Waals surface area contributed by atoms with Gasteiger partial charge in [-0.2, -0.15) is 0 Å². The Balaban J connectivity index is 1.85. The van der Waals surface area contributed by atoms with E-state index in [2.05, 4.69) is 0 Å². The van der Waals surface area contributed by atoms with Gasteiger partial charge in [-0.1, -0.05) is 17.7 Å². The second-order valence-corrected chi connectivity index (χ2v) is 10.0. The minimum absolute atomic E-state index is 0.0475. The normalized spacial score (nSPS) is 16.9. The van der Waals surface area contributed by atoms with Crippen LogP contribution in [-0.2, 0) is 21.2 Å². The molecule has 0 bridgehead atoms. The molecule has 8 nitrogen and oxygen atoms in total. The number of rotatable bonds is 9. The summed E-state index contributed by atoms with van der Waals surface area (Å²) in [5, 5.41) is 0.492. The van der Waals surface area contributed by atoms with Crippen molar-refractivity contribution in [3.8, 4) is 23.0 Å². The molecule has 1 amide bonds. The quantitative estimate of drug-likeness (QED) is 0.541. The largest absolute Gasteiger partial charge is 0.493 e. The lowest BCUT2D eigenvalue weighted by atomic mass is 10.1. The van der Waals surface area contributed by atoms with E-state index in [4.69, 9.17) is 30.5 Å². The third-order valence-corrected chi connectivity index (χ3v) is 7.19. The topological polar surface area (TPSA) is 91.4 Å². The Labute approximate surface area is 192 Å². The fourth-order valence-corrected chi connectivity index (χ4v) is 5.56. The van der Waals surface area contributed by atoms with Gasteiger partial charge in [0.15, 0.2) is 27.9 Å². The standard InChI is InChI=1S/C22H26ClNO7S/c1-28-19-9-15(10-20(29-2)22(19)30-3)12-24(17-7-8-32(26,27)14-17)21(25)13-31-18-6-4-5-16(23)11-18/h4-6,9-11,17H,7-8,12-14H2,1-3H3. The summed E-state index contributed by atoms with van der Waals surface area (Å²) in [6.07, 6.45) is 0.371. The van der Waals surface area contributed by atoms with Crippen LogP contribution in [0.15, 0.2) is 36.4 Å². The molecule has 1 heterocycles. The molecule has 2 aromatic rings. The van der Waals surface area contributed by atoms with Crippen molar-refractivity contribution in [2.24, 2.45) is 0 Å².